The minimum atomic E-state index is -0.747. The van der Waals surface area contributed by atoms with E-state index < -0.39 is 5.97 Å². The highest BCUT2D eigenvalue weighted by molar-refractivity contribution is 5.72. The Hall–Kier alpha value is -0.860. The van der Waals surface area contributed by atoms with Gasteiger partial charge in [-0.05, 0) is 24.7 Å². The van der Waals surface area contributed by atoms with Crippen LogP contribution in [-0.4, -0.2) is 17.4 Å². The van der Waals surface area contributed by atoms with Gasteiger partial charge in [-0.15, -0.1) is 0 Å². The Morgan fingerprint density at radius 1 is 1.54 bits per heavy atom. The smallest absolute Gasteiger partial charge is 0.307 e. The van der Waals surface area contributed by atoms with Crippen molar-refractivity contribution in [1.29, 1.82) is 0 Å². The van der Waals surface area contributed by atoms with Crippen LogP contribution in [0.2, 0.25) is 0 Å². The van der Waals surface area contributed by atoms with Gasteiger partial charge in [0.2, 0.25) is 0 Å². The first-order chi connectivity index (χ1) is 6.07. The van der Waals surface area contributed by atoms with Gasteiger partial charge >= 0.3 is 5.97 Å². The van der Waals surface area contributed by atoms with Gasteiger partial charge in [0.25, 0.3) is 0 Å². The zero-order valence-electron chi connectivity index (χ0n) is 8.06. The summed E-state index contributed by atoms with van der Waals surface area (Å²) in [6, 6.07) is 0. The van der Waals surface area contributed by atoms with Gasteiger partial charge in [0, 0.05) is 5.92 Å². The van der Waals surface area contributed by atoms with E-state index in [1.165, 1.54) is 0 Å². The van der Waals surface area contributed by atoms with Crippen LogP contribution in [0.25, 0.3) is 0 Å². The van der Waals surface area contributed by atoms with E-state index in [4.69, 9.17) is 5.11 Å². The molecule has 0 amide bonds. The zero-order chi connectivity index (χ0) is 10.0. The molecule has 1 aliphatic rings. The molecule has 0 saturated heterocycles. The molecule has 0 bridgehead atoms. The van der Waals surface area contributed by atoms with Gasteiger partial charge in [0.05, 0.1) is 5.92 Å². The first-order valence-electron chi connectivity index (χ1n) is 4.76. The molecule has 74 valence electrons. The lowest BCUT2D eigenvalue weighted by molar-refractivity contribution is -0.145. The lowest BCUT2D eigenvalue weighted by Crippen LogP contribution is -2.27. The van der Waals surface area contributed by atoms with Crippen molar-refractivity contribution in [3.63, 3.8) is 0 Å². The van der Waals surface area contributed by atoms with Crippen molar-refractivity contribution in [3.05, 3.63) is 0 Å². The normalized spacial score (nSPS) is 35.7. The quantitative estimate of drug-likeness (QED) is 0.677. The molecule has 0 aliphatic heterocycles. The topological polar surface area (TPSA) is 54.4 Å². The summed E-state index contributed by atoms with van der Waals surface area (Å²) in [7, 11) is 0. The van der Waals surface area contributed by atoms with Gasteiger partial charge in [0.15, 0.2) is 0 Å². The molecule has 0 aromatic rings. The van der Waals surface area contributed by atoms with E-state index in [1.807, 2.05) is 13.8 Å². The van der Waals surface area contributed by atoms with Crippen molar-refractivity contribution in [1.82, 2.24) is 0 Å². The SMILES string of the molecule is CC(C=O)[C@H]1CC[C@H](C)[C@@H]1C(=O)O. The first kappa shape index (κ1) is 10.2. The second-order valence-corrected chi connectivity index (χ2v) is 4.08. The third-order valence-corrected chi connectivity index (χ3v) is 3.20. The van der Waals surface area contributed by atoms with E-state index in [9.17, 15) is 9.59 Å². The molecular weight excluding hydrogens is 168 g/mol. The molecule has 4 atom stereocenters. The molecule has 0 radical (unpaired) electrons. The number of aldehydes is 1. The number of carboxylic acids is 1. The number of hydrogen-bond donors (Lipinski definition) is 1. The Morgan fingerprint density at radius 3 is 2.62 bits per heavy atom. The van der Waals surface area contributed by atoms with Crippen LogP contribution in [0.4, 0.5) is 0 Å². The summed E-state index contributed by atoms with van der Waals surface area (Å²) in [6.07, 6.45) is 2.68. The predicted molar refractivity (Wildman–Crippen MR) is 48.2 cm³/mol. The average Bonchev–Trinajstić information content (AvgIpc) is 2.45. The monoisotopic (exact) mass is 184 g/mol. The van der Waals surface area contributed by atoms with Gasteiger partial charge in [-0.2, -0.15) is 0 Å². The number of carbonyl (C=O) groups is 2. The minimum absolute atomic E-state index is 0.0463. The number of hydrogen-bond acceptors (Lipinski definition) is 2. The Morgan fingerprint density at radius 2 is 2.15 bits per heavy atom. The van der Waals surface area contributed by atoms with Crippen molar-refractivity contribution < 1.29 is 14.7 Å². The maximum atomic E-state index is 10.9. The van der Waals surface area contributed by atoms with Crippen LogP contribution in [0.1, 0.15) is 26.7 Å². The molecule has 0 heterocycles. The Labute approximate surface area is 78.1 Å². The molecule has 3 nitrogen and oxygen atoms in total. The molecule has 0 aromatic carbocycles. The first-order valence-corrected chi connectivity index (χ1v) is 4.76. The summed E-state index contributed by atoms with van der Waals surface area (Å²) in [4.78, 5) is 21.5. The summed E-state index contributed by atoms with van der Waals surface area (Å²) >= 11 is 0. The van der Waals surface area contributed by atoms with Gasteiger partial charge in [-0.1, -0.05) is 13.8 Å². The number of rotatable bonds is 3. The van der Waals surface area contributed by atoms with E-state index in [0.29, 0.717) is 0 Å². The van der Waals surface area contributed by atoms with Crippen molar-refractivity contribution in [2.45, 2.75) is 26.7 Å². The fraction of sp³-hybridized carbons (Fsp3) is 0.800. The lowest BCUT2D eigenvalue weighted by atomic mass is 9.83. The van der Waals surface area contributed by atoms with Crippen molar-refractivity contribution in [3.8, 4) is 0 Å². The lowest BCUT2D eigenvalue weighted by Gasteiger charge is -2.20. The van der Waals surface area contributed by atoms with Crippen LogP contribution in [0.3, 0.4) is 0 Å². The molecular formula is C10H16O3. The van der Waals surface area contributed by atoms with Crippen LogP contribution in [0.15, 0.2) is 0 Å². The van der Waals surface area contributed by atoms with E-state index in [0.717, 1.165) is 19.1 Å². The Balaban J connectivity index is 2.75. The molecule has 13 heavy (non-hydrogen) atoms. The number of carbonyl (C=O) groups excluding carboxylic acids is 1. The largest absolute Gasteiger partial charge is 0.481 e. The van der Waals surface area contributed by atoms with Crippen molar-refractivity contribution in [2.75, 3.05) is 0 Å². The standard InChI is InChI=1S/C10H16O3/c1-6-3-4-8(7(2)5-11)9(6)10(12)13/h5-9H,3-4H2,1-2H3,(H,12,13)/t6-,7?,8+,9-/m0/s1. The van der Waals surface area contributed by atoms with E-state index in [1.54, 1.807) is 0 Å². The predicted octanol–water partition coefficient (Wildman–Crippen LogP) is 1.57. The molecule has 1 saturated carbocycles. The van der Waals surface area contributed by atoms with Gasteiger partial charge in [0.1, 0.15) is 6.29 Å². The van der Waals surface area contributed by atoms with Crippen LogP contribution in [-0.2, 0) is 9.59 Å². The van der Waals surface area contributed by atoms with Gasteiger partial charge < -0.3 is 9.90 Å². The van der Waals surface area contributed by atoms with Crippen LogP contribution in [0.5, 0.6) is 0 Å². The highest BCUT2D eigenvalue weighted by Crippen LogP contribution is 2.40. The third-order valence-electron chi connectivity index (χ3n) is 3.20. The van der Waals surface area contributed by atoms with E-state index >= 15 is 0 Å². The molecule has 1 unspecified atom stereocenters. The second kappa shape index (κ2) is 3.90. The van der Waals surface area contributed by atoms with Crippen molar-refractivity contribution >= 4 is 12.3 Å². The molecule has 1 aliphatic carbocycles. The summed E-state index contributed by atoms with van der Waals surface area (Å²) < 4.78 is 0. The van der Waals surface area contributed by atoms with Gasteiger partial charge in [-0.25, -0.2) is 0 Å². The van der Waals surface area contributed by atoms with E-state index in [2.05, 4.69) is 0 Å². The second-order valence-electron chi connectivity index (χ2n) is 4.08. The maximum absolute atomic E-state index is 10.9. The summed E-state index contributed by atoms with van der Waals surface area (Å²) in [5, 5.41) is 8.98. The third kappa shape index (κ3) is 1.90. The van der Waals surface area contributed by atoms with Crippen LogP contribution in [0, 0.1) is 23.7 Å². The fourth-order valence-electron chi connectivity index (χ4n) is 2.35. The molecule has 0 spiro atoms. The molecule has 1 rings (SSSR count). The van der Waals surface area contributed by atoms with Crippen molar-refractivity contribution in [2.24, 2.45) is 23.7 Å². The Bertz CT molecular complexity index is 212. The summed E-state index contributed by atoms with van der Waals surface area (Å²) in [5.74, 6) is -0.926. The zero-order valence-corrected chi connectivity index (χ0v) is 8.06. The van der Waals surface area contributed by atoms with E-state index in [-0.39, 0.29) is 23.7 Å². The minimum Gasteiger partial charge on any atom is -0.481 e. The van der Waals surface area contributed by atoms with Crippen LogP contribution >= 0.6 is 0 Å². The summed E-state index contributed by atoms with van der Waals surface area (Å²) in [5.41, 5.74) is 0. The molecule has 1 N–H and O–H groups in total. The highest BCUT2D eigenvalue weighted by atomic mass is 16.4. The number of carboxylic acid groups (broad SMARTS) is 1. The van der Waals surface area contributed by atoms with Gasteiger partial charge in [-0.3, -0.25) is 4.79 Å². The molecule has 0 aromatic heterocycles. The summed E-state index contributed by atoms with van der Waals surface area (Å²) in [6.45, 7) is 3.77. The van der Waals surface area contributed by atoms with Crippen LogP contribution < -0.4 is 0 Å². The Kier molecular flexibility index (Phi) is 3.07. The highest BCUT2D eigenvalue weighted by Gasteiger charge is 2.40. The molecule has 1 fully saturated rings. The molecule has 3 heteroatoms. The average molecular weight is 184 g/mol. The fourth-order valence-corrected chi connectivity index (χ4v) is 2.35. The number of aliphatic carboxylic acids is 1. The maximum Gasteiger partial charge on any atom is 0.307 e.